The van der Waals surface area contributed by atoms with Gasteiger partial charge in [-0.25, -0.2) is 44.3 Å². The lowest BCUT2D eigenvalue weighted by Gasteiger charge is -2.21. The number of hydrogen-bond acceptors (Lipinski definition) is 17. The molecule has 0 spiro atoms. The number of thiazole rings is 2. The van der Waals surface area contributed by atoms with Crippen molar-refractivity contribution in [2.24, 2.45) is 5.92 Å². The number of pyridine rings is 2. The third-order valence-electron chi connectivity index (χ3n) is 15.0. The molecular formula is C62H59FN16O2S2. The van der Waals surface area contributed by atoms with Crippen LogP contribution in [0, 0.1) is 41.3 Å². The molecule has 1 amide bonds. The lowest BCUT2D eigenvalue weighted by Crippen LogP contribution is -2.29. The van der Waals surface area contributed by atoms with E-state index in [-0.39, 0.29) is 29.8 Å². The number of rotatable bonds is 15. The number of nitrogens with one attached hydrogen (secondary N) is 1. The maximum Gasteiger partial charge on any atom is 0.291 e. The summed E-state index contributed by atoms with van der Waals surface area (Å²) in [5.41, 5.74) is 10.8. The van der Waals surface area contributed by atoms with Gasteiger partial charge in [0, 0.05) is 104 Å². The topological polar surface area (TPSA) is 215 Å². The van der Waals surface area contributed by atoms with Gasteiger partial charge in [0.25, 0.3) is 5.91 Å². The highest BCUT2D eigenvalue weighted by atomic mass is 32.1. The molecule has 10 heterocycles. The Balaban J connectivity index is 0.000000174. The molecule has 18 nitrogen and oxygen atoms in total. The minimum atomic E-state index is -0.343. The van der Waals surface area contributed by atoms with Crippen LogP contribution in [0.4, 0.5) is 26.3 Å². The fraction of sp³-hybridized carbons (Fsp3) is 0.290. The van der Waals surface area contributed by atoms with Gasteiger partial charge < -0.3 is 20.0 Å². The molecule has 2 aliphatic rings. The van der Waals surface area contributed by atoms with Gasteiger partial charge in [-0.2, -0.15) is 10.5 Å². The fourth-order valence-corrected chi connectivity index (χ4v) is 12.2. The summed E-state index contributed by atoms with van der Waals surface area (Å²) in [4.78, 5) is 69.2. The molecule has 8 aromatic heterocycles. The maximum atomic E-state index is 13.5. The number of carbonyl (C=O) groups is 2. The van der Waals surface area contributed by atoms with E-state index in [1.807, 2.05) is 112 Å². The largest absolute Gasteiger partial charge is 0.336 e. The number of anilines is 4. The number of fused-ring (bicyclic) bond motifs is 2. The molecule has 0 unspecified atom stereocenters. The average Bonchev–Trinajstić information content (AvgIpc) is 3.80. The zero-order valence-corrected chi connectivity index (χ0v) is 48.3. The number of hydrogen-bond donors (Lipinski definition) is 1. The van der Waals surface area contributed by atoms with Crippen LogP contribution < -0.4 is 15.1 Å². The van der Waals surface area contributed by atoms with Crippen molar-refractivity contribution in [1.29, 1.82) is 10.5 Å². The van der Waals surface area contributed by atoms with Gasteiger partial charge >= 0.3 is 0 Å². The van der Waals surface area contributed by atoms with Crippen LogP contribution in [0.15, 0.2) is 110 Å². The molecule has 0 bridgehead atoms. The standard InChI is InChI=1S/C32H31FN8OS.C30H28N8OS/c1-3-26-31(40(2)32-39-30(27(16-34)43-32)21-4-7-24(33)8-5-21)41-19-22(6-9-29(41)38-26)23-17-36-28(37-18-23)15-25(42)14-20-10-12-35-13-11-20;1-4-23-28(36(3)30-35-26(24(15-31)40-30)20-9-7-19(2)8-10-20)38-18-21(11-12-25(38)34-23)22-16-32-27(33-17-22)29(39)37-13-5-6-14-37/h4-9,17-20,35H,3,10-15H2,1-2H3;7-12,16-18H,4-6,13-14H2,1-3H3. The number of ketones is 1. The Labute approximate surface area is 487 Å². The molecule has 0 saturated carbocycles. The van der Waals surface area contributed by atoms with Gasteiger partial charge in [0.05, 0.1) is 17.8 Å². The molecule has 10 aromatic rings. The smallest absolute Gasteiger partial charge is 0.291 e. The number of aromatic nitrogens is 10. The molecule has 0 aliphatic carbocycles. The van der Waals surface area contributed by atoms with E-state index in [1.165, 1.54) is 34.8 Å². The number of Topliss-reactive ketones (excluding diaryl/α,β-unsaturated/α-hetero) is 1. The zero-order chi connectivity index (χ0) is 57.7. The molecule has 0 atom stereocenters. The molecular weight excluding hydrogens is 1080 g/mol. The van der Waals surface area contributed by atoms with Crippen LogP contribution in [0.2, 0.25) is 0 Å². The Hall–Kier alpha value is -9.15. The van der Waals surface area contributed by atoms with Crippen molar-refractivity contribution < 1.29 is 14.0 Å². The van der Waals surface area contributed by atoms with Crippen LogP contribution in [-0.4, -0.2) is 106 Å². The van der Waals surface area contributed by atoms with Gasteiger partial charge in [0.2, 0.25) is 5.82 Å². The van der Waals surface area contributed by atoms with E-state index < -0.39 is 0 Å². The third-order valence-corrected chi connectivity index (χ3v) is 17.1. The number of imidazole rings is 2. The van der Waals surface area contributed by atoms with Crippen LogP contribution in [0.25, 0.3) is 56.1 Å². The summed E-state index contributed by atoms with van der Waals surface area (Å²) in [5, 5.41) is 24.3. The summed E-state index contributed by atoms with van der Waals surface area (Å²) in [6.45, 7) is 9.63. The van der Waals surface area contributed by atoms with Crippen molar-refractivity contribution in [1.82, 2.24) is 58.9 Å². The number of carbonyl (C=O) groups excluding carboxylic acids is 2. The first-order chi connectivity index (χ1) is 40.4. The van der Waals surface area contributed by atoms with Crippen molar-refractivity contribution in [3.05, 3.63) is 154 Å². The summed E-state index contributed by atoms with van der Waals surface area (Å²) in [7, 11) is 3.86. The predicted octanol–water partition coefficient (Wildman–Crippen LogP) is 11.4. The van der Waals surface area contributed by atoms with Crippen molar-refractivity contribution in [2.75, 3.05) is 50.1 Å². The number of nitrogens with zero attached hydrogens (tertiary/aromatic N) is 15. The Bertz CT molecular complexity index is 4070. The summed E-state index contributed by atoms with van der Waals surface area (Å²) >= 11 is 2.64. The molecule has 21 heteroatoms. The van der Waals surface area contributed by atoms with Crippen molar-refractivity contribution in [3.8, 4) is 56.9 Å². The van der Waals surface area contributed by atoms with E-state index in [0.29, 0.717) is 61.6 Å². The second-order valence-corrected chi connectivity index (χ2v) is 22.6. The van der Waals surface area contributed by atoms with Crippen LogP contribution in [-0.2, 0) is 24.1 Å². The quantitative estimate of drug-likeness (QED) is 0.101. The average molecular weight is 1140 g/mol. The Morgan fingerprint density at radius 2 is 1.12 bits per heavy atom. The maximum absolute atomic E-state index is 13.5. The molecule has 1 N–H and O–H groups in total. The van der Waals surface area contributed by atoms with Crippen LogP contribution in [0.5, 0.6) is 0 Å². The highest BCUT2D eigenvalue weighted by Gasteiger charge is 2.26. The SMILES string of the molecule is CCc1nc2ccc(-c3cnc(C(=O)N4CCCC4)nc3)cn2c1N(C)c1nc(-c2ccc(C)cc2)c(C#N)s1.CCc1nc2ccc(-c3cnc(CC(=O)CC4CCNCC4)nc3)cn2c1N(C)c1nc(-c2ccc(F)cc2)c(C#N)s1. The Kier molecular flexibility index (Phi) is 16.5. The molecule has 2 saturated heterocycles. The number of aryl methyl sites for hydroxylation is 3. The van der Waals surface area contributed by atoms with Crippen molar-refractivity contribution in [3.63, 3.8) is 0 Å². The van der Waals surface area contributed by atoms with E-state index in [1.54, 1.807) is 36.9 Å². The number of amides is 1. The number of halogens is 1. The molecule has 2 aliphatic heterocycles. The molecule has 2 fully saturated rings. The summed E-state index contributed by atoms with van der Waals surface area (Å²) in [6.07, 6.45) is 17.3. The first-order valence-electron chi connectivity index (χ1n) is 27.7. The van der Waals surface area contributed by atoms with E-state index in [2.05, 4.69) is 44.3 Å². The Morgan fingerprint density at radius 3 is 1.60 bits per heavy atom. The van der Waals surface area contributed by atoms with E-state index in [4.69, 9.17) is 19.9 Å². The second-order valence-electron chi connectivity index (χ2n) is 20.6. The molecule has 2 aromatic carbocycles. The number of likely N-dealkylation sites (tertiary alicyclic amines) is 1. The fourth-order valence-electron chi connectivity index (χ4n) is 10.5. The van der Waals surface area contributed by atoms with Gasteiger partial charge in [-0.1, -0.05) is 66.3 Å². The van der Waals surface area contributed by atoms with Crippen LogP contribution in [0.1, 0.15) is 89.1 Å². The highest BCUT2D eigenvalue weighted by Crippen LogP contribution is 2.39. The minimum Gasteiger partial charge on any atom is -0.336 e. The minimum absolute atomic E-state index is 0.115. The monoisotopic (exact) mass is 1140 g/mol. The van der Waals surface area contributed by atoms with Gasteiger partial charge in [0.15, 0.2) is 10.3 Å². The number of benzene rings is 2. The van der Waals surface area contributed by atoms with Gasteiger partial charge in [-0.05, 0) is 113 Å². The molecule has 0 radical (unpaired) electrons. The first kappa shape index (κ1) is 55.7. The zero-order valence-electron chi connectivity index (χ0n) is 46.7. The molecule has 83 heavy (non-hydrogen) atoms. The van der Waals surface area contributed by atoms with E-state index in [9.17, 15) is 24.5 Å². The molecule has 12 rings (SSSR count). The second kappa shape index (κ2) is 24.5. The highest BCUT2D eigenvalue weighted by molar-refractivity contribution is 7.17. The van der Waals surface area contributed by atoms with Crippen LogP contribution in [0.3, 0.4) is 0 Å². The lowest BCUT2D eigenvalue weighted by atomic mass is 9.92. The first-order valence-corrected chi connectivity index (χ1v) is 29.3. The van der Waals surface area contributed by atoms with Crippen molar-refractivity contribution in [2.45, 2.75) is 72.1 Å². The summed E-state index contributed by atoms with van der Waals surface area (Å²) < 4.78 is 17.6. The Morgan fingerprint density at radius 1 is 0.651 bits per heavy atom. The van der Waals surface area contributed by atoms with Gasteiger partial charge in [-0.3, -0.25) is 18.4 Å². The third kappa shape index (κ3) is 11.8. The normalized spacial score (nSPS) is 13.4. The summed E-state index contributed by atoms with van der Waals surface area (Å²) in [6, 6.07) is 26.5. The number of nitriles is 2. The van der Waals surface area contributed by atoms with Crippen LogP contribution >= 0.6 is 22.7 Å². The summed E-state index contributed by atoms with van der Waals surface area (Å²) in [5.74, 6) is 2.66. The number of piperidine rings is 1. The van der Waals surface area contributed by atoms with Crippen molar-refractivity contribution >= 4 is 67.6 Å². The lowest BCUT2D eigenvalue weighted by molar-refractivity contribution is -0.119. The van der Waals surface area contributed by atoms with E-state index >= 15 is 0 Å². The van der Waals surface area contributed by atoms with Gasteiger partial charge in [0.1, 0.15) is 73.6 Å². The predicted molar refractivity (Wildman–Crippen MR) is 321 cm³/mol. The molecule has 418 valence electrons. The van der Waals surface area contributed by atoms with Gasteiger partial charge in [-0.15, -0.1) is 0 Å². The van der Waals surface area contributed by atoms with E-state index in [0.717, 1.165) is 126 Å².